The van der Waals surface area contributed by atoms with Crippen molar-refractivity contribution in [3.8, 4) is 0 Å². The largest absolute Gasteiger partial charge is 0.372 e. The van der Waals surface area contributed by atoms with E-state index in [2.05, 4.69) is 13.8 Å². The molecule has 2 heterocycles. The molecule has 4 heteroatoms. The summed E-state index contributed by atoms with van der Waals surface area (Å²) in [4.78, 5) is 15.6. The van der Waals surface area contributed by atoms with Crippen LogP contribution in [0.4, 0.5) is 0 Å². The van der Waals surface area contributed by atoms with Gasteiger partial charge in [0.15, 0.2) is 0 Å². The standard InChI is InChI=1S/C14H21NO2S/c1-9(2)13-5-12(8-18-13)14(16)15-6-10(3)17-11(4)7-15/h5,8-11H,6-7H2,1-4H3/t10-,11+. The van der Waals surface area contributed by atoms with E-state index in [0.29, 0.717) is 19.0 Å². The second-order valence-corrected chi connectivity index (χ2v) is 6.30. The van der Waals surface area contributed by atoms with Gasteiger partial charge in [-0.2, -0.15) is 0 Å². The maximum atomic E-state index is 12.4. The number of hydrogen-bond acceptors (Lipinski definition) is 3. The molecule has 2 atom stereocenters. The van der Waals surface area contributed by atoms with Gasteiger partial charge >= 0.3 is 0 Å². The highest BCUT2D eigenvalue weighted by atomic mass is 32.1. The number of morpholine rings is 1. The van der Waals surface area contributed by atoms with Crippen molar-refractivity contribution in [2.75, 3.05) is 13.1 Å². The van der Waals surface area contributed by atoms with Crippen LogP contribution in [0.25, 0.3) is 0 Å². The second-order valence-electron chi connectivity index (χ2n) is 5.36. The molecule has 0 aromatic carbocycles. The minimum Gasteiger partial charge on any atom is -0.372 e. The molecule has 0 saturated carbocycles. The van der Waals surface area contributed by atoms with Crippen LogP contribution < -0.4 is 0 Å². The predicted molar refractivity (Wildman–Crippen MR) is 74.3 cm³/mol. The molecule has 1 aromatic heterocycles. The molecule has 18 heavy (non-hydrogen) atoms. The lowest BCUT2D eigenvalue weighted by atomic mass is 10.1. The van der Waals surface area contributed by atoms with Crippen LogP contribution in [0.3, 0.4) is 0 Å². The van der Waals surface area contributed by atoms with Gasteiger partial charge in [0.05, 0.1) is 17.8 Å². The first-order valence-electron chi connectivity index (χ1n) is 6.50. The number of hydrogen-bond donors (Lipinski definition) is 0. The minimum atomic E-state index is 0.126. The van der Waals surface area contributed by atoms with Crippen LogP contribution in [0.15, 0.2) is 11.4 Å². The fraction of sp³-hybridized carbons (Fsp3) is 0.643. The molecule has 1 amide bonds. The Kier molecular flexibility index (Phi) is 4.07. The van der Waals surface area contributed by atoms with E-state index in [-0.39, 0.29) is 18.1 Å². The highest BCUT2D eigenvalue weighted by molar-refractivity contribution is 7.10. The quantitative estimate of drug-likeness (QED) is 0.824. The highest BCUT2D eigenvalue weighted by Gasteiger charge is 2.27. The first-order chi connectivity index (χ1) is 8.47. The number of thiophene rings is 1. The van der Waals surface area contributed by atoms with Gasteiger partial charge < -0.3 is 9.64 Å². The van der Waals surface area contributed by atoms with Gasteiger partial charge in [-0.25, -0.2) is 0 Å². The highest BCUT2D eigenvalue weighted by Crippen LogP contribution is 2.24. The normalized spacial score (nSPS) is 24.6. The summed E-state index contributed by atoms with van der Waals surface area (Å²) < 4.78 is 5.65. The van der Waals surface area contributed by atoms with Gasteiger partial charge in [0.1, 0.15) is 0 Å². The van der Waals surface area contributed by atoms with Crippen molar-refractivity contribution < 1.29 is 9.53 Å². The Morgan fingerprint density at radius 3 is 2.50 bits per heavy atom. The summed E-state index contributed by atoms with van der Waals surface area (Å²) in [5.41, 5.74) is 0.824. The molecule has 1 fully saturated rings. The van der Waals surface area contributed by atoms with Gasteiger partial charge in [-0.1, -0.05) is 13.8 Å². The molecule has 2 rings (SSSR count). The van der Waals surface area contributed by atoms with Gasteiger partial charge in [0.2, 0.25) is 0 Å². The molecule has 1 saturated heterocycles. The molecule has 1 aromatic rings. The zero-order valence-electron chi connectivity index (χ0n) is 11.5. The van der Waals surface area contributed by atoms with Gasteiger partial charge in [0.25, 0.3) is 5.91 Å². The zero-order valence-corrected chi connectivity index (χ0v) is 12.3. The van der Waals surface area contributed by atoms with Crippen LogP contribution in [-0.4, -0.2) is 36.1 Å². The summed E-state index contributed by atoms with van der Waals surface area (Å²) in [6, 6.07) is 2.03. The molecular weight excluding hydrogens is 246 g/mol. The third kappa shape index (κ3) is 2.93. The Balaban J connectivity index is 2.10. The maximum Gasteiger partial charge on any atom is 0.254 e. The monoisotopic (exact) mass is 267 g/mol. The van der Waals surface area contributed by atoms with Crippen LogP contribution >= 0.6 is 11.3 Å². The van der Waals surface area contributed by atoms with Crippen molar-refractivity contribution >= 4 is 17.2 Å². The maximum absolute atomic E-state index is 12.4. The van der Waals surface area contributed by atoms with Crippen molar-refractivity contribution in [3.63, 3.8) is 0 Å². The van der Waals surface area contributed by atoms with Crippen molar-refractivity contribution in [2.45, 2.75) is 45.8 Å². The molecule has 0 N–H and O–H groups in total. The number of nitrogens with zero attached hydrogens (tertiary/aromatic N) is 1. The van der Waals surface area contributed by atoms with E-state index in [9.17, 15) is 4.79 Å². The van der Waals surface area contributed by atoms with Gasteiger partial charge in [-0.05, 0) is 25.8 Å². The summed E-state index contributed by atoms with van der Waals surface area (Å²) in [5, 5.41) is 1.97. The van der Waals surface area contributed by atoms with Crippen LogP contribution in [0.5, 0.6) is 0 Å². The van der Waals surface area contributed by atoms with E-state index in [1.54, 1.807) is 11.3 Å². The Morgan fingerprint density at radius 2 is 2.00 bits per heavy atom. The van der Waals surface area contributed by atoms with Crippen LogP contribution in [0.1, 0.15) is 48.8 Å². The summed E-state index contributed by atoms with van der Waals surface area (Å²) in [5.74, 6) is 0.624. The first kappa shape index (κ1) is 13.6. The van der Waals surface area contributed by atoms with Gasteiger partial charge in [-0.3, -0.25) is 4.79 Å². The summed E-state index contributed by atoms with van der Waals surface area (Å²) >= 11 is 1.67. The van der Waals surface area contributed by atoms with E-state index < -0.39 is 0 Å². The van der Waals surface area contributed by atoms with Crippen molar-refractivity contribution in [2.24, 2.45) is 0 Å². The topological polar surface area (TPSA) is 29.5 Å². The molecule has 0 bridgehead atoms. The molecule has 0 unspecified atom stereocenters. The Labute approximate surface area is 113 Å². The van der Waals surface area contributed by atoms with E-state index in [4.69, 9.17) is 4.74 Å². The van der Waals surface area contributed by atoms with Crippen LogP contribution in [0, 0.1) is 0 Å². The van der Waals surface area contributed by atoms with Gasteiger partial charge in [0, 0.05) is 23.3 Å². The molecular formula is C14H21NO2S. The predicted octanol–water partition coefficient (Wildman–Crippen LogP) is 3.12. The number of rotatable bonds is 2. The third-order valence-corrected chi connectivity index (χ3v) is 4.38. The lowest BCUT2D eigenvalue weighted by molar-refractivity contribution is -0.0586. The number of ether oxygens (including phenoxy) is 1. The van der Waals surface area contributed by atoms with Crippen LogP contribution in [-0.2, 0) is 4.74 Å². The lowest BCUT2D eigenvalue weighted by Crippen LogP contribution is -2.48. The van der Waals surface area contributed by atoms with E-state index in [1.165, 1.54) is 4.88 Å². The molecule has 0 radical (unpaired) electrons. The Bertz CT molecular complexity index is 417. The van der Waals surface area contributed by atoms with E-state index in [1.807, 2.05) is 30.2 Å². The molecule has 1 aliphatic rings. The smallest absolute Gasteiger partial charge is 0.254 e. The number of amides is 1. The Morgan fingerprint density at radius 1 is 1.39 bits per heavy atom. The van der Waals surface area contributed by atoms with Crippen molar-refractivity contribution in [1.29, 1.82) is 0 Å². The molecule has 0 aliphatic carbocycles. The van der Waals surface area contributed by atoms with Crippen molar-refractivity contribution in [1.82, 2.24) is 4.90 Å². The molecule has 1 aliphatic heterocycles. The summed E-state index contributed by atoms with van der Waals surface area (Å²) in [6.07, 6.45) is 0.252. The first-order valence-corrected chi connectivity index (χ1v) is 7.38. The third-order valence-electron chi connectivity index (χ3n) is 3.14. The van der Waals surface area contributed by atoms with E-state index in [0.717, 1.165) is 5.56 Å². The summed E-state index contributed by atoms with van der Waals surface area (Å²) in [6.45, 7) is 9.72. The number of carbonyl (C=O) groups excluding carboxylic acids is 1. The molecule has 3 nitrogen and oxygen atoms in total. The fourth-order valence-corrected chi connectivity index (χ4v) is 3.19. The van der Waals surface area contributed by atoms with Gasteiger partial charge in [-0.15, -0.1) is 11.3 Å². The minimum absolute atomic E-state index is 0.126. The van der Waals surface area contributed by atoms with E-state index >= 15 is 0 Å². The Hall–Kier alpha value is -0.870. The fourth-order valence-electron chi connectivity index (χ4n) is 2.29. The zero-order chi connectivity index (χ0) is 13.3. The van der Waals surface area contributed by atoms with Crippen LogP contribution in [0.2, 0.25) is 0 Å². The lowest BCUT2D eigenvalue weighted by Gasteiger charge is -2.35. The van der Waals surface area contributed by atoms with Crippen molar-refractivity contribution in [3.05, 3.63) is 21.9 Å². The SMILES string of the molecule is CC(C)c1cc(C(=O)N2C[C@@H](C)O[C@@H](C)C2)cs1. The average Bonchev–Trinajstić information content (AvgIpc) is 2.75. The molecule has 100 valence electrons. The average molecular weight is 267 g/mol. The molecule has 0 spiro atoms. The second kappa shape index (κ2) is 5.41. The summed E-state index contributed by atoms with van der Waals surface area (Å²) in [7, 11) is 0. The number of carbonyl (C=O) groups is 1.